The van der Waals surface area contributed by atoms with Crippen molar-refractivity contribution < 1.29 is 19.8 Å². The average molecular weight is 633 g/mol. The molecule has 2 N–H and O–H groups in total. The second kappa shape index (κ2) is 9.49. The zero-order chi connectivity index (χ0) is 32.8. The molecule has 254 valence electrons. The van der Waals surface area contributed by atoms with Crippen LogP contribution in [-0.4, -0.2) is 33.6 Å². The quantitative estimate of drug-likeness (QED) is 0.303. The smallest absolute Gasteiger partial charge is 0.309 e. The van der Waals surface area contributed by atoms with Crippen LogP contribution in [0, 0.1) is 67.0 Å². The van der Waals surface area contributed by atoms with Crippen LogP contribution in [0.3, 0.4) is 0 Å². The highest BCUT2D eigenvalue weighted by atomic mass is 16.4. The van der Waals surface area contributed by atoms with Crippen LogP contribution in [0.1, 0.15) is 157 Å². The van der Waals surface area contributed by atoms with Gasteiger partial charge in [0.05, 0.1) is 10.8 Å². The van der Waals surface area contributed by atoms with E-state index in [0.717, 1.165) is 77.0 Å². The fourth-order valence-electron chi connectivity index (χ4n) is 16.0. The number of hydrogen-bond acceptors (Lipinski definition) is 4. The van der Waals surface area contributed by atoms with Crippen molar-refractivity contribution in [2.45, 2.75) is 157 Å². The van der Waals surface area contributed by atoms with E-state index in [9.17, 15) is 19.8 Å². The Morgan fingerprint density at radius 2 is 0.913 bits per heavy atom. The highest BCUT2D eigenvalue weighted by molar-refractivity contribution is 5.96. The molecular weight excluding hydrogens is 572 g/mol. The summed E-state index contributed by atoms with van der Waals surface area (Å²) in [7, 11) is 0. The summed E-state index contributed by atoms with van der Waals surface area (Å²) in [4.78, 5) is 25.2. The van der Waals surface area contributed by atoms with Crippen molar-refractivity contribution in [1.29, 1.82) is 0 Å². The van der Waals surface area contributed by atoms with Crippen LogP contribution < -0.4 is 0 Å². The van der Waals surface area contributed by atoms with Crippen molar-refractivity contribution in [2.24, 2.45) is 77.2 Å². The lowest BCUT2D eigenvalue weighted by atomic mass is 9.40. The number of carbonyl (C=O) groups is 2. The summed E-state index contributed by atoms with van der Waals surface area (Å²) in [5, 5.41) is 31.3. The molecule has 4 bridgehead atoms. The van der Waals surface area contributed by atoms with Gasteiger partial charge >= 0.3 is 11.9 Å². The van der Waals surface area contributed by atoms with Crippen LogP contribution in [0.2, 0.25) is 0 Å². The molecule has 0 aromatic carbocycles. The topological polar surface area (TPSA) is 99.3 Å². The normalized spacial score (nSPS) is 57.3. The van der Waals surface area contributed by atoms with E-state index in [-0.39, 0.29) is 44.3 Å². The van der Waals surface area contributed by atoms with E-state index in [1.165, 1.54) is 49.9 Å². The Kier molecular flexibility index (Phi) is 6.51. The number of rotatable bonds is 3. The minimum Gasteiger partial charge on any atom is -0.481 e. The molecule has 0 aromatic heterocycles. The van der Waals surface area contributed by atoms with Gasteiger partial charge in [-0.3, -0.25) is 9.59 Å². The van der Waals surface area contributed by atoms with E-state index >= 15 is 0 Å². The molecule has 46 heavy (non-hydrogen) atoms. The fourth-order valence-corrected chi connectivity index (χ4v) is 16.0. The molecule has 0 aromatic rings. The van der Waals surface area contributed by atoms with Crippen LogP contribution in [0.4, 0.5) is 0 Å². The Bertz CT molecular complexity index is 1330. The predicted octanol–water partition coefficient (Wildman–Crippen LogP) is 9.56. The van der Waals surface area contributed by atoms with Gasteiger partial charge in [-0.2, -0.15) is 10.2 Å². The van der Waals surface area contributed by atoms with Crippen LogP contribution in [-0.2, 0) is 9.59 Å². The summed E-state index contributed by atoms with van der Waals surface area (Å²) in [5.41, 5.74) is 2.39. The first-order chi connectivity index (χ1) is 21.5. The van der Waals surface area contributed by atoms with Crippen LogP contribution >= 0.6 is 0 Å². The van der Waals surface area contributed by atoms with E-state index in [1.54, 1.807) is 0 Å². The molecule has 12 atom stereocenters. The lowest BCUT2D eigenvalue weighted by molar-refractivity contribution is -0.183. The molecule has 8 rings (SSSR count). The molecule has 0 saturated heterocycles. The van der Waals surface area contributed by atoms with Crippen molar-refractivity contribution in [2.75, 3.05) is 0 Å². The maximum Gasteiger partial charge on any atom is 0.309 e. The molecule has 2 spiro atoms. The summed E-state index contributed by atoms with van der Waals surface area (Å²) >= 11 is 0. The standard InChI is InChI=1S/C40H60N2O4/c1-33-17-9-27-35(3)13-7-15-37(5,31(43)44)25(35)11-19-39(27,23-33)21-29(33)41-42-30-22-40-20-12-26-36(4,14-8-16-38(26,6)32(45)46)28(40)10-18-34(30,2)24-40/h25-28H,7-24H2,1-6H3,(H,43,44)(H,45,46)/b41-29-,42-30+/t25-,26-,27?,28?,33-,34-,35+,36+,37+,38+,39-,40-/m0/s1. The van der Waals surface area contributed by atoms with Crippen LogP contribution in [0.15, 0.2) is 10.2 Å². The summed E-state index contributed by atoms with van der Waals surface area (Å²) in [5.74, 6) is 0.541. The fraction of sp³-hybridized carbons (Fsp3) is 0.900. The first-order valence-electron chi connectivity index (χ1n) is 19.1. The predicted molar refractivity (Wildman–Crippen MR) is 181 cm³/mol. The van der Waals surface area contributed by atoms with Crippen LogP contribution in [0.25, 0.3) is 0 Å². The largest absolute Gasteiger partial charge is 0.481 e. The van der Waals surface area contributed by atoms with Gasteiger partial charge in [0.15, 0.2) is 0 Å². The Morgan fingerprint density at radius 3 is 1.28 bits per heavy atom. The van der Waals surface area contributed by atoms with Gasteiger partial charge in [-0.25, -0.2) is 0 Å². The third kappa shape index (κ3) is 3.82. The van der Waals surface area contributed by atoms with Crippen molar-refractivity contribution in [3.8, 4) is 0 Å². The Morgan fingerprint density at radius 1 is 0.543 bits per heavy atom. The van der Waals surface area contributed by atoms with Crippen molar-refractivity contribution in [3.63, 3.8) is 0 Å². The van der Waals surface area contributed by atoms with Gasteiger partial charge in [-0.15, -0.1) is 0 Å². The van der Waals surface area contributed by atoms with Gasteiger partial charge in [-0.1, -0.05) is 40.5 Å². The van der Waals surface area contributed by atoms with Crippen LogP contribution in [0.5, 0.6) is 0 Å². The number of aliphatic carboxylic acids is 2. The van der Waals surface area contributed by atoms with E-state index in [0.29, 0.717) is 11.8 Å². The zero-order valence-corrected chi connectivity index (χ0v) is 29.6. The molecule has 6 heteroatoms. The molecular formula is C40H60N2O4. The monoisotopic (exact) mass is 632 g/mol. The summed E-state index contributed by atoms with van der Waals surface area (Å²) in [6.45, 7) is 14.0. The maximum absolute atomic E-state index is 12.6. The minimum absolute atomic E-state index is 0.0985. The van der Waals surface area contributed by atoms with Gasteiger partial charge in [0, 0.05) is 22.3 Å². The molecule has 8 aliphatic rings. The summed E-state index contributed by atoms with van der Waals surface area (Å²) < 4.78 is 0. The molecule has 8 fully saturated rings. The Hall–Kier alpha value is -1.72. The Labute approximate surface area is 277 Å². The molecule has 2 unspecified atom stereocenters. The molecule has 8 aliphatic carbocycles. The second-order valence-corrected chi connectivity index (χ2v) is 20.2. The van der Waals surface area contributed by atoms with Crippen molar-refractivity contribution >= 4 is 23.4 Å². The first-order valence-corrected chi connectivity index (χ1v) is 19.1. The van der Waals surface area contributed by atoms with E-state index in [2.05, 4.69) is 27.7 Å². The SMILES string of the molecule is C[C@@]12CCC3[C@@](CC[C@@H]4[C@](C)(C(=O)O)CCC[C@@]34C)(C/C1=N/N=C1\C[C@]34CC[C@@H]5[C@](C)(C(=O)O)CCC[C@@]5(C)C3CC[C@@]1(C)C4)C2. The van der Waals surface area contributed by atoms with Gasteiger partial charge in [0.1, 0.15) is 0 Å². The lowest BCUT2D eigenvalue weighted by Crippen LogP contribution is -2.58. The number of nitrogens with zero attached hydrogens (tertiary/aromatic N) is 2. The molecule has 0 aliphatic heterocycles. The number of hydrogen-bond donors (Lipinski definition) is 2. The minimum atomic E-state index is -0.593. The third-order valence-corrected chi connectivity index (χ3v) is 18.0. The summed E-state index contributed by atoms with van der Waals surface area (Å²) in [6.07, 6.45) is 19.6. The van der Waals surface area contributed by atoms with Gasteiger partial charge in [-0.05, 0) is 162 Å². The average Bonchev–Trinajstić information content (AvgIpc) is 3.31. The van der Waals surface area contributed by atoms with E-state index < -0.39 is 22.8 Å². The maximum atomic E-state index is 12.6. The first kappa shape index (κ1) is 31.5. The van der Waals surface area contributed by atoms with Crippen molar-refractivity contribution in [3.05, 3.63) is 0 Å². The highest BCUT2D eigenvalue weighted by Gasteiger charge is 2.69. The molecule has 0 heterocycles. The lowest BCUT2D eigenvalue weighted by Gasteiger charge is -2.63. The molecule has 6 nitrogen and oxygen atoms in total. The second-order valence-electron chi connectivity index (χ2n) is 20.2. The zero-order valence-electron chi connectivity index (χ0n) is 29.6. The Balaban J connectivity index is 1.08. The molecule has 8 saturated carbocycles. The van der Waals surface area contributed by atoms with Gasteiger partial charge in [0.2, 0.25) is 0 Å². The number of carboxylic acid groups (broad SMARTS) is 2. The van der Waals surface area contributed by atoms with Gasteiger partial charge in [0.25, 0.3) is 0 Å². The highest BCUT2D eigenvalue weighted by Crippen LogP contribution is 2.75. The molecule has 0 radical (unpaired) electrons. The summed E-state index contributed by atoms with van der Waals surface area (Å²) in [6, 6.07) is 0. The van der Waals surface area contributed by atoms with Gasteiger partial charge < -0.3 is 10.2 Å². The number of fused-ring (bicyclic) bond motifs is 6. The van der Waals surface area contributed by atoms with E-state index in [1.807, 2.05) is 13.8 Å². The van der Waals surface area contributed by atoms with E-state index in [4.69, 9.17) is 10.2 Å². The third-order valence-electron chi connectivity index (χ3n) is 18.0. The van der Waals surface area contributed by atoms with Crippen molar-refractivity contribution in [1.82, 2.24) is 0 Å². The number of carboxylic acids is 2. The molecule has 0 amide bonds.